The highest BCUT2D eigenvalue weighted by Crippen LogP contribution is 2.38. The van der Waals surface area contributed by atoms with E-state index in [4.69, 9.17) is 34.0 Å². The molecule has 0 unspecified atom stereocenters. The molecule has 9 heteroatoms. The van der Waals surface area contributed by atoms with Gasteiger partial charge in [-0.3, -0.25) is 9.79 Å². The molecule has 3 aromatic rings. The number of carboxylic acid groups (broad SMARTS) is 1. The SMILES string of the molecule is CN(C)CCC=C1c2ccccc2CCc2ccccc21.Clc1cccc(Cl)c1NC1=NCCN1.NCC1(CC(=O)O)CCCCC1. The van der Waals surface area contributed by atoms with Gasteiger partial charge in [0.15, 0.2) is 5.96 Å². The Hall–Kier alpha value is -3.36. The van der Waals surface area contributed by atoms with Gasteiger partial charge in [0.05, 0.1) is 28.7 Å². The number of para-hydroxylation sites is 1. The fraction of sp³-hybridized carbons (Fsp3) is 0.421. The van der Waals surface area contributed by atoms with Gasteiger partial charge < -0.3 is 26.4 Å². The smallest absolute Gasteiger partial charge is 0.303 e. The minimum atomic E-state index is -0.706. The number of carboxylic acids is 1. The lowest BCUT2D eigenvalue weighted by Gasteiger charge is -2.34. The van der Waals surface area contributed by atoms with Crippen LogP contribution in [-0.4, -0.2) is 62.2 Å². The molecule has 0 amide bonds. The molecule has 1 fully saturated rings. The van der Waals surface area contributed by atoms with Crippen molar-refractivity contribution in [2.75, 3.05) is 45.6 Å². The zero-order valence-corrected chi connectivity index (χ0v) is 29.2. The maximum Gasteiger partial charge on any atom is 0.303 e. The van der Waals surface area contributed by atoms with Gasteiger partial charge in [-0.15, -0.1) is 0 Å². The summed E-state index contributed by atoms with van der Waals surface area (Å²) in [6.45, 7) is 3.25. The molecule has 0 spiro atoms. The van der Waals surface area contributed by atoms with Crippen molar-refractivity contribution in [2.45, 2.75) is 57.8 Å². The van der Waals surface area contributed by atoms with Gasteiger partial charge in [-0.1, -0.05) is 103 Å². The maximum absolute atomic E-state index is 10.6. The zero-order chi connectivity index (χ0) is 33.6. The number of aliphatic imine (C=N–C) groups is 1. The van der Waals surface area contributed by atoms with Crippen LogP contribution in [-0.2, 0) is 17.6 Å². The quantitative estimate of drug-likeness (QED) is 0.203. The van der Waals surface area contributed by atoms with Crippen LogP contribution in [0.15, 0.2) is 77.8 Å². The van der Waals surface area contributed by atoms with Crippen molar-refractivity contribution in [2.24, 2.45) is 16.1 Å². The maximum atomic E-state index is 10.6. The van der Waals surface area contributed by atoms with Gasteiger partial charge >= 0.3 is 5.97 Å². The van der Waals surface area contributed by atoms with Crippen molar-refractivity contribution < 1.29 is 9.90 Å². The van der Waals surface area contributed by atoms with Crippen LogP contribution in [0.4, 0.5) is 5.69 Å². The average molecular weight is 679 g/mol. The third-order valence-corrected chi connectivity index (χ3v) is 9.59. The third kappa shape index (κ3) is 10.8. The van der Waals surface area contributed by atoms with Crippen molar-refractivity contribution in [3.63, 3.8) is 0 Å². The van der Waals surface area contributed by atoms with E-state index in [0.29, 0.717) is 22.3 Å². The molecule has 1 saturated carbocycles. The topological polar surface area (TPSA) is 103 Å². The number of hydrogen-bond acceptors (Lipinski definition) is 6. The Morgan fingerprint density at radius 2 is 1.55 bits per heavy atom. The molecule has 47 heavy (non-hydrogen) atoms. The number of halogens is 2. The van der Waals surface area contributed by atoms with Crippen LogP contribution in [0.5, 0.6) is 0 Å². The molecule has 6 rings (SSSR count). The second kappa shape index (κ2) is 18.3. The second-order valence-electron chi connectivity index (χ2n) is 12.7. The van der Waals surface area contributed by atoms with Gasteiger partial charge in [0.25, 0.3) is 0 Å². The van der Waals surface area contributed by atoms with Gasteiger partial charge in [-0.2, -0.15) is 0 Å². The Bertz CT molecular complexity index is 1460. The molecule has 3 aliphatic rings. The van der Waals surface area contributed by atoms with Crippen molar-refractivity contribution in [1.82, 2.24) is 10.2 Å². The Kier molecular flexibility index (Phi) is 14.2. The number of nitrogens with two attached hydrogens (primary N) is 1. The summed E-state index contributed by atoms with van der Waals surface area (Å²) in [5.74, 6) is 0.0161. The fourth-order valence-corrected chi connectivity index (χ4v) is 6.89. The average Bonchev–Trinajstić information content (AvgIpc) is 3.53. The molecule has 0 atom stereocenters. The van der Waals surface area contributed by atoms with E-state index in [0.717, 1.165) is 70.5 Å². The first-order valence-electron chi connectivity index (χ1n) is 16.6. The second-order valence-corrected chi connectivity index (χ2v) is 13.6. The summed E-state index contributed by atoms with van der Waals surface area (Å²) in [5.41, 5.74) is 13.4. The number of guanidine groups is 1. The predicted octanol–water partition coefficient (Wildman–Crippen LogP) is 7.90. The van der Waals surface area contributed by atoms with Crippen LogP contribution in [0.3, 0.4) is 0 Å². The minimum Gasteiger partial charge on any atom is -0.481 e. The van der Waals surface area contributed by atoms with Crippen LogP contribution in [0.25, 0.3) is 5.57 Å². The van der Waals surface area contributed by atoms with E-state index in [1.54, 1.807) is 18.2 Å². The van der Waals surface area contributed by atoms with Crippen LogP contribution in [0.2, 0.25) is 10.0 Å². The van der Waals surface area contributed by atoms with E-state index in [9.17, 15) is 4.79 Å². The molecule has 5 N–H and O–H groups in total. The third-order valence-electron chi connectivity index (χ3n) is 8.96. The van der Waals surface area contributed by atoms with E-state index in [1.165, 1.54) is 34.2 Å². The highest BCUT2D eigenvalue weighted by atomic mass is 35.5. The summed E-state index contributed by atoms with van der Waals surface area (Å²) in [6.07, 6.45) is 11.6. The minimum absolute atomic E-state index is 0.0793. The van der Waals surface area contributed by atoms with Crippen molar-refractivity contribution >= 4 is 46.4 Å². The van der Waals surface area contributed by atoms with E-state index in [1.807, 2.05) is 0 Å². The van der Waals surface area contributed by atoms with Gasteiger partial charge in [0.2, 0.25) is 0 Å². The number of aryl methyl sites for hydroxylation is 2. The standard InChI is InChI=1S/C20H23N.C9H9Cl2N3.C9H17NO2/c1-21(2)15-7-12-20-18-10-5-3-8-16(18)13-14-17-9-4-6-11-19(17)20;10-6-2-1-3-7(11)8(6)14-9-12-4-5-13-9;10-7-9(6-8(11)12)4-2-1-3-5-9/h3-6,8-12H,7,13-15H2,1-2H3;1-3H,4-5H2,(H2,12,13,14);1-7,10H2,(H,11,12). The molecule has 7 nitrogen and oxygen atoms in total. The number of nitrogens with one attached hydrogen (secondary N) is 2. The van der Waals surface area contributed by atoms with E-state index >= 15 is 0 Å². The molecule has 0 saturated heterocycles. The fourth-order valence-electron chi connectivity index (χ4n) is 6.40. The van der Waals surface area contributed by atoms with Gasteiger partial charge in [-0.25, -0.2) is 0 Å². The van der Waals surface area contributed by atoms with Crippen LogP contribution < -0.4 is 16.4 Å². The molecule has 0 bridgehead atoms. The summed E-state index contributed by atoms with van der Waals surface area (Å²) in [7, 11) is 4.26. The van der Waals surface area contributed by atoms with Gasteiger partial charge in [0.1, 0.15) is 0 Å². The number of fused-ring (bicyclic) bond motifs is 2. The largest absolute Gasteiger partial charge is 0.481 e. The molecule has 252 valence electrons. The number of aliphatic carboxylic acids is 1. The zero-order valence-electron chi connectivity index (χ0n) is 27.7. The number of carbonyl (C=O) groups is 1. The molecule has 0 radical (unpaired) electrons. The molecular formula is C38H49Cl2N5O2. The Balaban J connectivity index is 0.000000168. The number of benzene rings is 3. The normalized spacial score (nSPS) is 16.1. The Morgan fingerprint density at radius 1 is 0.957 bits per heavy atom. The first kappa shape index (κ1) is 36.5. The first-order valence-corrected chi connectivity index (χ1v) is 17.4. The number of nitrogens with zero attached hydrogens (tertiary/aromatic N) is 2. The highest BCUT2D eigenvalue weighted by molar-refractivity contribution is 6.39. The number of rotatable bonds is 7. The molecule has 1 aliphatic heterocycles. The lowest BCUT2D eigenvalue weighted by Crippen LogP contribution is -2.34. The van der Waals surface area contributed by atoms with Crippen molar-refractivity contribution in [1.29, 1.82) is 0 Å². The predicted molar refractivity (Wildman–Crippen MR) is 198 cm³/mol. The monoisotopic (exact) mass is 677 g/mol. The highest BCUT2D eigenvalue weighted by Gasteiger charge is 2.32. The molecule has 3 aromatic carbocycles. The summed E-state index contributed by atoms with van der Waals surface area (Å²) in [5, 5.41) is 16.0. The number of anilines is 1. The summed E-state index contributed by atoms with van der Waals surface area (Å²) in [4.78, 5) is 17.0. The van der Waals surface area contributed by atoms with Gasteiger partial charge in [0, 0.05) is 13.1 Å². The first-order chi connectivity index (χ1) is 22.7. The lowest BCUT2D eigenvalue weighted by atomic mass is 9.72. The van der Waals surface area contributed by atoms with Crippen LogP contribution in [0.1, 0.15) is 67.2 Å². The number of hydrogen-bond donors (Lipinski definition) is 4. The molecule has 1 heterocycles. The van der Waals surface area contributed by atoms with Crippen LogP contribution >= 0.6 is 23.2 Å². The molecular weight excluding hydrogens is 629 g/mol. The van der Waals surface area contributed by atoms with Gasteiger partial charge in [-0.05, 0) is 98.1 Å². The summed E-state index contributed by atoms with van der Waals surface area (Å²) >= 11 is 12.0. The molecule has 0 aromatic heterocycles. The molecule has 2 aliphatic carbocycles. The van der Waals surface area contributed by atoms with Crippen molar-refractivity contribution in [3.8, 4) is 0 Å². The van der Waals surface area contributed by atoms with Crippen molar-refractivity contribution in [3.05, 3.63) is 105 Å². The Labute approximate surface area is 290 Å². The van der Waals surface area contributed by atoms with E-state index in [2.05, 4.69) is 89.2 Å². The summed E-state index contributed by atoms with van der Waals surface area (Å²) < 4.78 is 0. The van der Waals surface area contributed by atoms with E-state index in [-0.39, 0.29) is 11.8 Å². The van der Waals surface area contributed by atoms with Crippen LogP contribution in [0, 0.1) is 5.41 Å². The Morgan fingerprint density at radius 3 is 2.06 bits per heavy atom. The lowest BCUT2D eigenvalue weighted by molar-refractivity contribution is -0.140. The van der Waals surface area contributed by atoms with E-state index < -0.39 is 5.97 Å². The summed E-state index contributed by atoms with van der Waals surface area (Å²) in [6, 6.07) is 23.1.